The zero-order valence-electron chi connectivity index (χ0n) is 17.7. The molecule has 0 bridgehead atoms. The maximum absolute atomic E-state index is 13.1. The van der Waals surface area contributed by atoms with Gasteiger partial charge >= 0.3 is 0 Å². The van der Waals surface area contributed by atoms with Crippen molar-refractivity contribution in [1.29, 1.82) is 0 Å². The van der Waals surface area contributed by atoms with Gasteiger partial charge in [0.25, 0.3) is 5.91 Å². The number of thioether (sulfide) groups is 1. The summed E-state index contributed by atoms with van der Waals surface area (Å²) in [6.07, 6.45) is 2.54. The van der Waals surface area contributed by atoms with Gasteiger partial charge in [-0.1, -0.05) is 0 Å². The molecular weight excluding hydrogens is 418 g/mol. The largest absolute Gasteiger partial charge is 0.493 e. The second kappa shape index (κ2) is 9.38. The lowest BCUT2D eigenvalue weighted by molar-refractivity contribution is 0.0760. The fourth-order valence-corrected chi connectivity index (χ4v) is 4.83. The van der Waals surface area contributed by atoms with E-state index >= 15 is 0 Å². The van der Waals surface area contributed by atoms with Crippen LogP contribution in [-0.4, -0.2) is 61.2 Å². The van der Waals surface area contributed by atoms with E-state index in [-0.39, 0.29) is 11.2 Å². The number of hydrogen-bond acceptors (Lipinski definition) is 7. The average Bonchev–Trinajstić information content (AvgIpc) is 3.46. The minimum absolute atomic E-state index is 0.0631. The van der Waals surface area contributed by atoms with Gasteiger partial charge in [-0.2, -0.15) is 5.10 Å². The molecule has 1 amide bonds. The van der Waals surface area contributed by atoms with E-state index in [1.54, 1.807) is 33.7 Å². The second-order valence-electron chi connectivity index (χ2n) is 7.04. The number of nitrogens with zero attached hydrogens (tertiary/aromatic N) is 2. The van der Waals surface area contributed by atoms with Crippen molar-refractivity contribution >= 4 is 17.7 Å². The van der Waals surface area contributed by atoms with Crippen molar-refractivity contribution < 1.29 is 23.4 Å². The van der Waals surface area contributed by atoms with Gasteiger partial charge in [0.1, 0.15) is 11.5 Å². The summed E-state index contributed by atoms with van der Waals surface area (Å²) in [6, 6.07) is 9.27. The Hall–Kier alpha value is -3.07. The van der Waals surface area contributed by atoms with Gasteiger partial charge in [-0.15, -0.1) is 11.8 Å². The van der Waals surface area contributed by atoms with E-state index in [0.29, 0.717) is 41.7 Å². The van der Waals surface area contributed by atoms with Crippen LogP contribution in [0.1, 0.15) is 27.9 Å². The molecule has 1 atom stereocenters. The number of benzene rings is 1. The first-order valence-corrected chi connectivity index (χ1v) is 11.0. The Bertz CT molecular complexity index is 1010. The highest BCUT2D eigenvalue weighted by atomic mass is 32.2. The predicted octanol–water partition coefficient (Wildman–Crippen LogP) is 4.02. The standard InChI is InChI=1S/C22H25N3O5S/c1-27-18-11-14(12-19(28-2)21(18)29-3)15-13-16(24-23-15)22(26)25-7-6-20(31-10-8-25)17-5-4-9-30-17/h4-5,9,11-13,20H,6-8,10H2,1-3H3,(H,23,24). The van der Waals surface area contributed by atoms with Crippen molar-refractivity contribution in [2.24, 2.45) is 0 Å². The smallest absolute Gasteiger partial charge is 0.271 e. The van der Waals surface area contributed by atoms with E-state index in [1.165, 1.54) is 0 Å². The van der Waals surface area contributed by atoms with Gasteiger partial charge < -0.3 is 23.5 Å². The molecule has 1 unspecified atom stereocenters. The van der Waals surface area contributed by atoms with Gasteiger partial charge in [0.05, 0.1) is 38.5 Å². The van der Waals surface area contributed by atoms with Crippen LogP contribution in [0.2, 0.25) is 0 Å². The maximum atomic E-state index is 13.1. The van der Waals surface area contributed by atoms with Crippen LogP contribution in [0.15, 0.2) is 41.0 Å². The fraction of sp³-hybridized carbons (Fsp3) is 0.364. The molecule has 1 saturated heterocycles. The third-order valence-corrected chi connectivity index (χ3v) is 6.55. The zero-order valence-corrected chi connectivity index (χ0v) is 18.5. The van der Waals surface area contributed by atoms with E-state index in [2.05, 4.69) is 10.2 Å². The first kappa shape index (κ1) is 21.2. The summed E-state index contributed by atoms with van der Waals surface area (Å²) in [5.74, 6) is 3.32. The van der Waals surface area contributed by atoms with Crippen molar-refractivity contribution in [3.05, 3.63) is 48.0 Å². The Morgan fingerprint density at radius 1 is 1.16 bits per heavy atom. The number of amides is 1. The molecule has 1 aliphatic heterocycles. The topological polar surface area (TPSA) is 89.8 Å². The highest BCUT2D eigenvalue weighted by molar-refractivity contribution is 7.99. The highest BCUT2D eigenvalue weighted by Crippen LogP contribution is 2.41. The van der Waals surface area contributed by atoms with Crippen LogP contribution in [-0.2, 0) is 0 Å². The van der Waals surface area contributed by atoms with E-state index in [1.807, 2.05) is 40.9 Å². The summed E-state index contributed by atoms with van der Waals surface area (Å²) < 4.78 is 21.8. The Labute approximate surface area is 184 Å². The van der Waals surface area contributed by atoms with Crippen LogP contribution in [0.5, 0.6) is 17.2 Å². The molecule has 164 valence electrons. The summed E-state index contributed by atoms with van der Waals surface area (Å²) in [4.78, 5) is 15.0. The fourth-order valence-electron chi connectivity index (χ4n) is 3.65. The van der Waals surface area contributed by atoms with Crippen molar-refractivity contribution in [3.63, 3.8) is 0 Å². The number of H-pyrrole nitrogens is 1. The molecule has 9 heteroatoms. The molecule has 1 N–H and O–H groups in total. The van der Waals surface area contributed by atoms with Crippen molar-refractivity contribution in [1.82, 2.24) is 15.1 Å². The average molecular weight is 444 g/mol. The normalized spacial score (nSPS) is 16.6. The molecule has 1 aliphatic rings. The van der Waals surface area contributed by atoms with Gasteiger partial charge in [-0.05, 0) is 36.8 Å². The number of nitrogens with one attached hydrogen (secondary N) is 1. The van der Waals surface area contributed by atoms with E-state index < -0.39 is 0 Å². The number of carbonyl (C=O) groups is 1. The van der Waals surface area contributed by atoms with Crippen LogP contribution in [0.4, 0.5) is 0 Å². The molecule has 1 aromatic carbocycles. The minimum atomic E-state index is -0.0631. The van der Waals surface area contributed by atoms with Crippen LogP contribution in [0, 0.1) is 0 Å². The number of aromatic nitrogens is 2. The molecule has 0 spiro atoms. The number of hydrogen-bond donors (Lipinski definition) is 1. The molecule has 3 aromatic rings. The molecule has 2 aromatic heterocycles. The number of furan rings is 1. The lowest BCUT2D eigenvalue weighted by Crippen LogP contribution is -2.33. The molecular formula is C22H25N3O5S. The third kappa shape index (κ3) is 4.36. The molecule has 0 radical (unpaired) electrons. The van der Waals surface area contributed by atoms with E-state index in [4.69, 9.17) is 18.6 Å². The van der Waals surface area contributed by atoms with E-state index in [0.717, 1.165) is 23.5 Å². The van der Waals surface area contributed by atoms with Gasteiger partial charge in [0.2, 0.25) is 5.75 Å². The van der Waals surface area contributed by atoms with Gasteiger partial charge in [0.15, 0.2) is 11.5 Å². The molecule has 3 heterocycles. The van der Waals surface area contributed by atoms with Gasteiger partial charge in [-0.3, -0.25) is 9.89 Å². The third-order valence-electron chi connectivity index (χ3n) is 5.26. The first-order chi connectivity index (χ1) is 15.1. The van der Waals surface area contributed by atoms with E-state index in [9.17, 15) is 4.79 Å². The molecule has 8 nitrogen and oxygen atoms in total. The highest BCUT2D eigenvalue weighted by Gasteiger charge is 2.25. The monoisotopic (exact) mass is 443 g/mol. The van der Waals surface area contributed by atoms with Gasteiger partial charge in [-0.25, -0.2) is 0 Å². The summed E-state index contributed by atoms with van der Waals surface area (Å²) >= 11 is 1.82. The summed E-state index contributed by atoms with van der Waals surface area (Å²) in [5, 5.41) is 7.50. The molecule has 4 rings (SSSR count). The number of methoxy groups -OCH3 is 3. The summed E-state index contributed by atoms with van der Waals surface area (Å²) in [6.45, 7) is 1.34. The Morgan fingerprint density at radius 2 is 1.94 bits per heavy atom. The Morgan fingerprint density at radius 3 is 2.58 bits per heavy atom. The predicted molar refractivity (Wildman–Crippen MR) is 118 cm³/mol. The maximum Gasteiger partial charge on any atom is 0.271 e. The minimum Gasteiger partial charge on any atom is -0.493 e. The first-order valence-electron chi connectivity index (χ1n) is 9.94. The van der Waals surface area contributed by atoms with Crippen LogP contribution in [0.25, 0.3) is 11.3 Å². The second-order valence-corrected chi connectivity index (χ2v) is 8.35. The SMILES string of the molecule is COc1cc(-c2cc(C(=O)N3CCSC(c4ccco4)CC3)[nH]n2)cc(OC)c1OC. The molecule has 1 fully saturated rings. The number of ether oxygens (including phenoxy) is 3. The van der Waals surface area contributed by atoms with Crippen LogP contribution in [0.3, 0.4) is 0 Å². The zero-order chi connectivity index (χ0) is 21.8. The van der Waals surface area contributed by atoms with Crippen molar-refractivity contribution in [3.8, 4) is 28.5 Å². The Kier molecular flexibility index (Phi) is 6.41. The summed E-state index contributed by atoms with van der Waals surface area (Å²) in [5.41, 5.74) is 1.83. The van der Waals surface area contributed by atoms with Gasteiger partial charge in [0, 0.05) is 24.4 Å². The number of aromatic amines is 1. The van der Waals surface area contributed by atoms with Crippen LogP contribution >= 0.6 is 11.8 Å². The molecule has 31 heavy (non-hydrogen) atoms. The van der Waals surface area contributed by atoms with Crippen LogP contribution < -0.4 is 14.2 Å². The quantitative estimate of drug-likeness (QED) is 0.615. The lowest BCUT2D eigenvalue weighted by atomic mass is 10.1. The number of carbonyl (C=O) groups excluding carboxylic acids is 1. The molecule has 0 saturated carbocycles. The summed E-state index contributed by atoms with van der Waals surface area (Å²) in [7, 11) is 4.68. The number of rotatable bonds is 6. The van der Waals surface area contributed by atoms with Crippen molar-refractivity contribution in [2.75, 3.05) is 40.2 Å². The Balaban J connectivity index is 1.51. The molecule has 0 aliphatic carbocycles. The van der Waals surface area contributed by atoms with Crippen molar-refractivity contribution in [2.45, 2.75) is 11.7 Å². The lowest BCUT2D eigenvalue weighted by Gasteiger charge is -2.19.